The van der Waals surface area contributed by atoms with Crippen molar-refractivity contribution in [3.05, 3.63) is 57.9 Å². The molecule has 8 nitrogen and oxygen atoms in total. The number of ether oxygens (including phenoxy) is 1. The summed E-state index contributed by atoms with van der Waals surface area (Å²) in [4.78, 5) is 29.3. The van der Waals surface area contributed by atoms with Gasteiger partial charge in [-0.25, -0.2) is 4.39 Å². The Morgan fingerprint density at radius 3 is 2.61 bits per heavy atom. The van der Waals surface area contributed by atoms with Gasteiger partial charge in [-0.15, -0.1) is 0 Å². The Balaban J connectivity index is 1.77. The molecule has 178 valence electrons. The van der Waals surface area contributed by atoms with Crippen molar-refractivity contribution in [2.24, 2.45) is 0 Å². The molecule has 0 saturated carbocycles. The monoisotopic (exact) mass is 458 g/mol. The summed E-state index contributed by atoms with van der Waals surface area (Å²) < 4.78 is 20.4. The smallest absolute Gasteiger partial charge is 0.311 e. The number of hydrogen-bond donors (Lipinski definition) is 0. The van der Waals surface area contributed by atoms with Gasteiger partial charge in [-0.1, -0.05) is 13.3 Å². The van der Waals surface area contributed by atoms with Gasteiger partial charge in [0.05, 0.1) is 17.2 Å². The number of benzene rings is 2. The molecule has 1 aliphatic rings. The molecule has 2 aromatic rings. The molecule has 9 heteroatoms. The van der Waals surface area contributed by atoms with Crippen LogP contribution >= 0.6 is 0 Å². The average molecular weight is 459 g/mol. The summed E-state index contributed by atoms with van der Waals surface area (Å²) in [5.41, 5.74) is 0.741. The fourth-order valence-electron chi connectivity index (χ4n) is 3.90. The van der Waals surface area contributed by atoms with E-state index in [4.69, 9.17) is 4.74 Å². The highest BCUT2D eigenvalue weighted by Gasteiger charge is 2.27. The third-order valence-electron chi connectivity index (χ3n) is 6.02. The lowest BCUT2D eigenvalue weighted by molar-refractivity contribution is -0.385. The Bertz CT molecular complexity index is 1010. The third kappa shape index (κ3) is 5.60. The topological polar surface area (TPSA) is 79.2 Å². The second kappa shape index (κ2) is 10.6. The zero-order valence-electron chi connectivity index (χ0n) is 19.6. The van der Waals surface area contributed by atoms with Gasteiger partial charge in [0.2, 0.25) is 0 Å². The van der Waals surface area contributed by atoms with Crippen LogP contribution in [0.4, 0.5) is 21.5 Å². The van der Waals surface area contributed by atoms with E-state index < -0.39 is 16.6 Å². The maximum Gasteiger partial charge on any atom is 0.311 e. The Kier molecular flexibility index (Phi) is 7.86. The van der Waals surface area contributed by atoms with Gasteiger partial charge in [0, 0.05) is 43.5 Å². The van der Waals surface area contributed by atoms with Gasteiger partial charge in [-0.05, 0) is 57.3 Å². The molecule has 0 bridgehead atoms. The van der Waals surface area contributed by atoms with E-state index in [0.717, 1.165) is 32.4 Å². The van der Waals surface area contributed by atoms with E-state index in [1.54, 1.807) is 12.1 Å². The van der Waals surface area contributed by atoms with Gasteiger partial charge >= 0.3 is 5.69 Å². The van der Waals surface area contributed by atoms with E-state index in [2.05, 4.69) is 4.90 Å². The van der Waals surface area contributed by atoms with Gasteiger partial charge in [0.15, 0.2) is 5.75 Å². The number of amides is 1. The van der Waals surface area contributed by atoms with Gasteiger partial charge < -0.3 is 19.4 Å². The summed E-state index contributed by atoms with van der Waals surface area (Å²) in [7, 11) is 5.55. The van der Waals surface area contributed by atoms with Crippen molar-refractivity contribution < 1.29 is 18.8 Å². The molecule has 33 heavy (non-hydrogen) atoms. The van der Waals surface area contributed by atoms with Crippen molar-refractivity contribution in [2.75, 3.05) is 50.6 Å². The predicted octanol–water partition coefficient (Wildman–Crippen LogP) is 4.33. The van der Waals surface area contributed by atoms with Crippen molar-refractivity contribution in [2.45, 2.75) is 32.2 Å². The number of nitrogens with zero attached hydrogens (tertiary/aromatic N) is 4. The third-order valence-corrected chi connectivity index (χ3v) is 6.02. The van der Waals surface area contributed by atoms with Crippen LogP contribution in [0, 0.1) is 15.9 Å². The van der Waals surface area contributed by atoms with Crippen LogP contribution in [0.5, 0.6) is 5.75 Å². The van der Waals surface area contributed by atoms with Gasteiger partial charge in [-0.2, -0.15) is 0 Å². The minimum atomic E-state index is -0.566. The number of carbonyl (C=O) groups excluding carboxylic acids is 1. The first-order chi connectivity index (χ1) is 15.7. The molecule has 1 heterocycles. The van der Waals surface area contributed by atoms with Crippen molar-refractivity contribution in [1.29, 1.82) is 0 Å². The number of rotatable bonds is 9. The Hall–Kier alpha value is -3.20. The summed E-state index contributed by atoms with van der Waals surface area (Å²) in [6.45, 7) is 3.87. The predicted molar refractivity (Wildman–Crippen MR) is 127 cm³/mol. The van der Waals surface area contributed by atoms with Crippen LogP contribution in [-0.2, 0) is 0 Å². The van der Waals surface area contributed by atoms with E-state index >= 15 is 0 Å². The number of nitro groups is 1. The number of hydrogen-bond acceptors (Lipinski definition) is 6. The SMILES string of the molecule is CCCCOc1ccc(C(=O)N(C)c2ccc(N3CCC(N(C)C)C3)c(F)c2)cc1[N+](=O)[O-]. The minimum Gasteiger partial charge on any atom is -0.487 e. The van der Waals surface area contributed by atoms with Crippen molar-refractivity contribution in [3.63, 3.8) is 0 Å². The van der Waals surface area contributed by atoms with Crippen molar-refractivity contribution >= 4 is 23.0 Å². The molecule has 0 spiro atoms. The highest BCUT2D eigenvalue weighted by atomic mass is 19.1. The number of carbonyl (C=O) groups is 1. The zero-order valence-corrected chi connectivity index (χ0v) is 19.6. The van der Waals surface area contributed by atoms with Crippen LogP contribution < -0.4 is 14.5 Å². The van der Waals surface area contributed by atoms with E-state index in [9.17, 15) is 19.3 Å². The zero-order chi connectivity index (χ0) is 24.1. The summed E-state index contributed by atoms with van der Waals surface area (Å²) in [6, 6.07) is 9.20. The molecular formula is C24H31FN4O4. The van der Waals surface area contributed by atoms with Crippen molar-refractivity contribution in [1.82, 2.24) is 4.90 Å². The normalized spacial score (nSPS) is 15.7. The summed E-state index contributed by atoms with van der Waals surface area (Å²) >= 11 is 0. The van der Waals surface area contributed by atoms with Crippen LogP contribution in [0.1, 0.15) is 36.5 Å². The minimum absolute atomic E-state index is 0.129. The lowest BCUT2D eigenvalue weighted by Gasteiger charge is -2.23. The van der Waals surface area contributed by atoms with Crippen LogP contribution in [0.25, 0.3) is 0 Å². The largest absolute Gasteiger partial charge is 0.487 e. The highest BCUT2D eigenvalue weighted by Crippen LogP contribution is 2.31. The molecule has 0 aliphatic carbocycles. The summed E-state index contributed by atoms with van der Waals surface area (Å²) in [6.07, 6.45) is 2.64. The first-order valence-corrected chi connectivity index (χ1v) is 11.1. The number of likely N-dealkylation sites (N-methyl/N-ethyl adjacent to an activating group) is 1. The molecule has 1 unspecified atom stereocenters. The Labute approximate surface area is 193 Å². The van der Waals surface area contributed by atoms with Crippen LogP contribution in [0.2, 0.25) is 0 Å². The first-order valence-electron chi connectivity index (χ1n) is 11.1. The lowest BCUT2D eigenvalue weighted by Crippen LogP contribution is -2.31. The maximum atomic E-state index is 14.9. The molecule has 1 amide bonds. The molecule has 1 fully saturated rings. The standard InChI is InChI=1S/C24H31FN4O4/c1-5-6-13-33-23-10-7-17(14-22(23)29(31)32)24(30)27(4)18-8-9-21(20(25)15-18)28-12-11-19(16-28)26(2)3/h7-10,14-15,19H,5-6,11-13,16H2,1-4H3. The molecule has 2 aromatic carbocycles. The molecule has 0 N–H and O–H groups in total. The van der Waals surface area contributed by atoms with Gasteiger partial charge in [-0.3, -0.25) is 14.9 Å². The van der Waals surface area contributed by atoms with Gasteiger partial charge in [0.1, 0.15) is 5.82 Å². The Morgan fingerprint density at radius 2 is 2.00 bits per heavy atom. The van der Waals surface area contributed by atoms with E-state index in [-0.39, 0.29) is 17.0 Å². The lowest BCUT2D eigenvalue weighted by atomic mass is 10.1. The Morgan fingerprint density at radius 1 is 1.24 bits per heavy atom. The number of nitro benzene ring substituents is 1. The molecule has 3 rings (SSSR count). The van der Waals surface area contributed by atoms with Gasteiger partial charge in [0.25, 0.3) is 5.91 Å². The van der Waals surface area contributed by atoms with E-state index in [1.165, 1.54) is 36.2 Å². The fourth-order valence-corrected chi connectivity index (χ4v) is 3.90. The highest BCUT2D eigenvalue weighted by molar-refractivity contribution is 6.06. The van der Waals surface area contributed by atoms with E-state index in [1.807, 2.05) is 25.9 Å². The molecule has 0 aromatic heterocycles. The molecule has 1 atom stereocenters. The second-order valence-corrected chi connectivity index (χ2v) is 8.49. The average Bonchev–Trinajstić information content (AvgIpc) is 3.28. The number of anilines is 2. The van der Waals surface area contributed by atoms with Crippen LogP contribution in [0.3, 0.4) is 0 Å². The molecule has 0 radical (unpaired) electrons. The quantitative estimate of drug-likeness (QED) is 0.316. The summed E-state index contributed by atoms with van der Waals surface area (Å²) in [5.74, 6) is -0.749. The van der Waals surface area contributed by atoms with Crippen LogP contribution in [0.15, 0.2) is 36.4 Å². The maximum absolute atomic E-state index is 14.9. The van der Waals surface area contributed by atoms with Crippen molar-refractivity contribution in [3.8, 4) is 5.75 Å². The number of halogens is 1. The molecule has 1 aliphatic heterocycles. The first kappa shape index (κ1) is 24.4. The fraction of sp³-hybridized carbons (Fsp3) is 0.458. The molecule has 1 saturated heterocycles. The number of unbranched alkanes of at least 4 members (excludes halogenated alkanes) is 1. The second-order valence-electron chi connectivity index (χ2n) is 8.49. The van der Waals surface area contributed by atoms with Crippen LogP contribution in [-0.4, -0.2) is 62.6 Å². The van der Waals surface area contributed by atoms with E-state index in [0.29, 0.717) is 24.0 Å². The summed E-state index contributed by atoms with van der Waals surface area (Å²) in [5, 5.41) is 11.5. The molecular weight excluding hydrogens is 427 g/mol.